The molecule has 152 valence electrons. The molecule has 0 radical (unpaired) electrons. The van der Waals surface area contributed by atoms with E-state index >= 15 is 0 Å². The van der Waals surface area contributed by atoms with Crippen LogP contribution in [0.1, 0.15) is 63.4 Å². The Hall–Kier alpha value is -1.75. The summed E-state index contributed by atoms with van der Waals surface area (Å²) in [5.41, 5.74) is 2.41. The molecule has 5 heteroatoms. The molecule has 1 heterocycles. The number of rotatable bonds is 9. The summed E-state index contributed by atoms with van der Waals surface area (Å²) in [7, 11) is 0. The minimum atomic E-state index is -0.290. The third-order valence-corrected chi connectivity index (χ3v) is 6.66. The zero-order valence-electron chi connectivity index (χ0n) is 16.9. The van der Waals surface area contributed by atoms with Crippen molar-refractivity contribution in [3.63, 3.8) is 0 Å². The van der Waals surface area contributed by atoms with E-state index in [4.69, 9.17) is 0 Å². The van der Waals surface area contributed by atoms with Gasteiger partial charge in [-0.1, -0.05) is 23.8 Å². The number of amides is 2. The molecule has 1 aromatic rings. The normalized spacial score (nSPS) is 21.9. The summed E-state index contributed by atoms with van der Waals surface area (Å²) < 4.78 is 0. The third-order valence-electron chi connectivity index (χ3n) is 5.92. The minimum absolute atomic E-state index is 0.0923. The van der Waals surface area contributed by atoms with Gasteiger partial charge in [-0.25, -0.2) is 0 Å². The lowest BCUT2D eigenvalue weighted by molar-refractivity contribution is -0.122. The molecule has 1 unspecified atom stereocenters. The molecule has 0 bridgehead atoms. The number of carbonyl (C=O) groups is 2. The van der Waals surface area contributed by atoms with Crippen molar-refractivity contribution in [1.29, 1.82) is 0 Å². The maximum absolute atomic E-state index is 12.4. The first kappa shape index (κ1) is 21.0. The summed E-state index contributed by atoms with van der Waals surface area (Å²) in [4.78, 5) is 25.5. The zero-order chi connectivity index (χ0) is 19.8. The van der Waals surface area contributed by atoms with Crippen molar-refractivity contribution < 1.29 is 9.59 Å². The Bertz CT molecular complexity index is 714. The van der Waals surface area contributed by atoms with Crippen molar-refractivity contribution in [2.45, 2.75) is 74.6 Å². The molecule has 0 spiro atoms. The highest BCUT2D eigenvalue weighted by Crippen LogP contribution is 2.30. The van der Waals surface area contributed by atoms with E-state index in [2.05, 4.69) is 47.2 Å². The van der Waals surface area contributed by atoms with E-state index in [0.29, 0.717) is 19.3 Å². The van der Waals surface area contributed by atoms with Crippen molar-refractivity contribution in [2.75, 3.05) is 12.8 Å². The van der Waals surface area contributed by atoms with E-state index in [1.165, 1.54) is 41.7 Å². The number of benzene rings is 1. The summed E-state index contributed by atoms with van der Waals surface area (Å²) in [5.74, 6) is 0.194. The van der Waals surface area contributed by atoms with Gasteiger partial charge in [0.25, 0.3) is 0 Å². The largest absolute Gasteiger partial charge is 0.356 e. The predicted octanol–water partition coefficient (Wildman–Crippen LogP) is 4.39. The van der Waals surface area contributed by atoms with Gasteiger partial charge in [0.1, 0.15) is 0 Å². The van der Waals surface area contributed by atoms with Crippen LogP contribution in [0.3, 0.4) is 0 Å². The predicted molar refractivity (Wildman–Crippen MR) is 115 cm³/mol. The van der Waals surface area contributed by atoms with Gasteiger partial charge in [0.2, 0.25) is 11.8 Å². The van der Waals surface area contributed by atoms with Crippen molar-refractivity contribution in [1.82, 2.24) is 10.6 Å². The van der Waals surface area contributed by atoms with Crippen LogP contribution in [0, 0.1) is 0 Å². The molecule has 28 heavy (non-hydrogen) atoms. The molecule has 0 saturated carbocycles. The van der Waals surface area contributed by atoms with E-state index in [1.807, 2.05) is 0 Å². The molecule has 2 amide bonds. The summed E-state index contributed by atoms with van der Waals surface area (Å²) in [6.07, 6.45) is 13.6. The van der Waals surface area contributed by atoms with Crippen LogP contribution >= 0.6 is 11.8 Å². The van der Waals surface area contributed by atoms with E-state index < -0.39 is 0 Å². The Labute approximate surface area is 172 Å². The third kappa shape index (κ3) is 6.13. The first-order chi connectivity index (χ1) is 13.6. The number of hydrogen-bond donors (Lipinski definition) is 2. The second kappa shape index (κ2) is 10.1. The van der Waals surface area contributed by atoms with Crippen LogP contribution in [0.15, 0.2) is 40.8 Å². The first-order valence-electron chi connectivity index (χ1n) is 10.5. The fourth-order valence-corrected chi connectivity index (χ4v) is 4.66. The zero-order valence-corrected chi connectivity index (χ0v) is 17.7. The second-order valence-corrected chi connectivity index (χ2v) is 8.94. The molecule has 1 saturated heterocycles. The lowest BCUT2D eigenvalue weighted by atomic mass is 9.85. The van der Waals surface area contributed by atoms with Gasteiger partial charge in [-0.3, -0.25) is 9.59 Å². The highest BCUT2D eigenvalue weighted by atomic mass is 32.2. The van der Waals surface area contributed by atoms with Gasteiger partial charge in [-0.15, -0.1) is 11.8 Å². The Balaban J connectivity index is 1.49. The van der Waals surface area contributed by atoms with Crippen LogP contribution in [0.25, 0.3) is 0 Å². The monoisotopic (exact) mass is 400 g/mol. The number of hydrogen-bond acceptors (Lipinski definition) is 3. The number of allylic oxidation sites excluding steroid dienone is 1. The molecule has 3 rings (SSSR count). The average Bonchev–Trinajstić information content (AvgIpc) is 3.08. The van der Waals surface area contributed by atoms with E-state index in [9.17, 15) is 9.59 Å². The summed E-state index contributed by atoms with van der Waals surface area (Å²) in [6.45, 7) is 0.722. The van der Waals surface area contributed by atoms with Gasteiger partial charge >= 0.3 is 0 Å². The summed E-state index contributed by atoms with van der Waals surface area (Å²) >= 11 is 1.73. The maximum Gasteiger partial charge on any atom is 0.220 e. The van der Waals surface area contributed by atoms with E-state index in [-0.39, 0.29) is 17.4 Å². The Morgan fingerprint density at radius 3 is 2.68 bits per heavy atom. The molecule has 1 aliphatic carbocycles. The molecule has 1 aliphatic heterocycles. The number of nitrogens with one attached hydrogen (secondary N) is 2. The van der Waals surface area contributed by atoms with Gasteiger partial charge in [0.05, 0.1) is 0 Å². The standard InChI is InChI=1S/C23H32N2O2S/c1-28-20-9-7-19(8-10-20)17-23(15-12-22(27)25-23)14-11-21(26)24-16-13-18-5-3-2-4-6-18/h5,7-10H,2-4,6,11-17H2,1H3,(H,24,26)(H,25,27). The van der Waals surface area contributed by atoms with Gasteiger partial charge in [-0.2, -0.15) is 0 Å². The molecule has 0 aromatic heterocycles. The molecule has 1 aromatic carbocycles. The lowest BCUT2D eigenvalue weighted by Gasteiger charge is -2.29. The minimum Gasteiger partial charge on any atom is -0.356 e. The van der Waals surface area contributed by atoms with Crippen LogP contribution in [0.2, 0.25) is 0 Å². The van der Waals surface area contributed by atoms with Gasteiger partial charge < -0.3 is 10.6 Å². The summed E-state index contributed by atoms with van der Waals surface area (Å²) in [5, 5.41) is 6.24. The molecule has 1 atom stereocenters. The fraction of sp³-hybridized carbons (Fsp3) is 0.565. The molecule has 2 aliphatic rings. The smallest absolute Gasteiger partial charge is 0.220 e. The molecule has 1 fully saturated rings. The van der Waals surface area contributed by atoms with E-state index in [0.717, 1.165) is 25.8 Å². The van der Waals surface area contributed by atoms with Crippen LogP contribution in [0.4, 0.5) is 0 Å². The second-order valence-electron chi connectivity index (χ2n) is 8.06. The molecule has 4 nitrogen and oxygen atoms in total. The molecular weight excluding hydrogens is 368 g/mol. The Morgan fingerprint density at radius 1 is 1.21 bits per heavy atom. The van der Waals surface area contributed by atoms with Crippen LogP contribution in [-0.4, -0.2) is 30.2 Å². The highest BCUT2D eigenvalue weighted by molar-refractivity contribution is 7.98. The van der Waals surface area contributed by atoms with Crippen molar-refractivity contribution >= 4 is 23.6 Å². The average molecular weight is 401 g/mol. The fourth-order valence-electron chi connectivity index (χ4n) is 4.25. The highest BCUT2D eigenvalue weighted by Gasteiger charge is 2.37. The number of carbonyl (C=O) groups excluding carboxylic acids is 2. The van der Waals surface area contributed by atoms with Gasteiger partial charge in [0, 0.05) is 29.8 Å². The van der Waals surface area contributed by atoms with Crippen LogP contribution in [-0.2, 0) is 16.0 Å². The van der Waals surface area contributed by atoms with Crippen LogP contribution < -0.4 is 10.6 Å². The Kier molecular flexibility index (Phi) is 7.60. The van der Waals surface area contributed by atoms with Crippen LogP contribution in [0.5, 0.6) is 0 Å². The SMILES string of the molecule is CSc1ccc(CC2(CCC(=O)NCCC3=CCCCC3)CCC(=O)N2)cc1. The Morgan fingerprint density at radius 2 is 2.04 bits per heavy atom. The molecular formula is C23H32N2O2S. The quantitative estimate of drug-likeness (QED) is 0.477. The van der Waals surface area contributed by atoms with Crippen molar-refractivity contribution in [2.24, 2.45) is 0 Å². The summed E-state index contributed by atoms with van der Waals surface area (Å²) in [6, 6.07) is 8.51. The van der Waals surface area contributed by atoms with E-state index in [1.54, 1.807) is 11.8 Å². The van der Waals surface area contributed by atoms with Gasteiger partial charge in [0.15, 0.2) is 0 Å². The topological polar surface area (TPSA) is 58.2 Å². The number of thioether (sulfide) groups is 1. The van der Waals surface area contributed by atoms with Crippen molar-refractivity contribution in [3.05, 3.63) is 41.5 Å². The van der Waals surface area contributed by atoms with Crippen molar-refractivity contribution in [3.8, 4) is 0 Å². The maximum atomic E-state index is 12.4. The van der Waals surface area contributed by atoms with Gasteiger partial charge in [-0.05, 0) is 75.3 Å². The first-order valence-corrected chi connectivity index (χ1v) is 11.7. The lowest BCUT2D eigenvalue weighted by Crippen LogP contribution is -2.44. The molecule has 2 N–H and O–H groups in total.